The standard InChI is InChI=1S/C28H34N2O5/c1-5-29(6-2)13-14-30-25(19-9-8-10-22(17-19)34-7-3)24(27(32)28(30)33)26(31)20-11-12-23-21(16-20)15-18(4)35-23/h8-12,16-18,25,31H,5-7,13-15H2,1-4H3/t18-,25+/m1/s1. The van der Waals surface area contributed by atoms with Gasteiger partial charge in [0, 0.05) is 25.1 Å². The number of carbonyl (C=O) groups is 2. The third-order valence-corrected chi connectivity index (χ3v) is 6.75. The Bertz CT molecular complexity index is 1140. The largest absolute Gasteiger partial charge is 0.507 e. The molecule has 2 aromatic carbocycles. The monoisotopic (exact) mass is 478 g/mol. The summed E-state index contributed by atoms with van der Waals surface area (Å²) in [5.74, 6) is 0.0168. The van der Waals surface area contributed by atoms with Crippen LogP contribution in [0.3, 0.4) is 0 Å². The van der Waals surface area contributed by atoms with Crippen molar-refractivity contribution >= 4 is 17.4 Å². The van der Waals surface area contributed by atoms with Crippen molar-refractivity contribution in [3.8, 4) is 11.5 Å². The van der Waals surface area contributed by atoms with Gasteiger partial charge in [-0.1, -0.05) is 26.0 Å². The van der Waals surface area contributed by atoms with Gasteiger partial charge in [0.1, 0.15) is 23.4 Å². The third-order valence-electron chi connectivity index (χ3n) is 6.75. The molecule has 186 valence electrons. The molecule has 2 aliphatic heterocycles. The number of amides is 1. The number of nitrogens with zero attached hydrogens (tertiary/aromatic N) is 2. The maximum atomic E-state index is 13.3. The van der Waals surface area contributed by atoms with E-state index < -0.39 is 17.7 Å². The molecule has 2 aromatic rings. The minimum Gasteiger partial charge on any atom is -0.507 e. The molecule has 2 aliphatic rings. The Morgan fingerprint density at radius 3 is 2.63 bits per heavy atom. The van der Waals surface area contributed by atoms with Crippen LogP contribution in [-0.4, -0.2) is 65.5 Å². The van der Waals surface area contributed by atoms with Gasteiger partial charge < -0.3 is 24.4 Å². The first-order chi connectivity index (χ1) is 16.9. The molecule has 7 heteroatoms. The zero-order valence-electron chi connectivity index (χ0n) is 20.9. The van der Waals surface area contributed by atoms with Crippen molar-refractivity contribution < 1.29 is 24.2 Å². The minimum absolute atomic E-state index is 0.0642. The molecule has 0 radical (unpaired) electrons. The number of fused-ring (bicyclic) bond motifs is 1. The number of carbonyl (C=O) groups excluding carboxylic acids is 2. The number of ether oxygens (including phenoxy) is 2. The van der Waals surface area contributed by atoms with Gasteiger partial charge in [-0.2, -0.15) is 0 Å². The van der Waals surface area contributed by atoms with Crippen LogP contribution in [0.5, 0.6) is 11.5 Å². The zero-order chi connectivity index (χ0) is 25.1. The minimum atomic E-state index is -0.700. The van der Waals surface area contributed by atoms with Gasteiger partial charge in [-0.05, 0) is 68.4 Å². The van der Waals surface area contributed by atoms with Crippen molar-refractivity contribution in [1.29, 1.82) is 0 Å². The van der Waals surface area contributed by atoms with E-state index in [9.17, 15) is 14.7 Å². The average Bonchev–Trinajstić information content (AvgIpc) is 3.35. The fourth-order valence-corrected chi connectivity index (χ4v) is 4.91. The first-order valence-electron chi connectivity index (χ1n) is 12.4. The number of rotatable bonds is 9. The molecule has 0 aromatic heterocycles. The van der Waals surface area contributed by atoms with Crippen molar-refractivity contribution in [3.05, 3.63) is 64.7 Å². The van der Waals surface area contributed by atoms with Gasteiger partial charge in [0.05, 0.1) is 18.2 Å². The molecule has 0 unspecified atom stereocenters. The van der Waals surface area contributed by atoms with Crippen LogP contribution in [0.15, 0.2) is 48.0 Å². The fourth-order valence-electron chi connectivity index (χ4n) is 4.91. The van der Waals surface area contributed by atoms with E-state index in [0.717, 1.165) is 36.4 Å². The molecule has 0 saturated carbocycles. The van der Waals surface area contributed by atoms with Crippen molar-refractivity contribution in [2.45, 2.75) is 46.3 Å². The lowest BCUT2D eigenvalue weighted by Crippen LogP contribution is -2.38. The summed E-state index contributed by atoms with van der Waals surface area (Å²) in [6.07, 6.45) is 0.795. The first-order valence-corrected chi connectivity index (χ1v) is 12.4. The number of hydrogen-bond donors (Lipinski definition) is 1. The Hall–Kier alpha value is -3.32. The topological polar surface area (TPSA) is 79.3 Å². The quantitative estimate of drug-likeness (QED) is 0.331. The summed E-state index contributed by atoms with van der Waals surface area (Å²) < 4.78 is 11.5. The Morgan fingerprint density at radius 1 is 1.14 bits per heavy atom. The van der Waals surface area contributed by atoms with Crippen LogP contribution < -0.4 is 9.47 Å². The molecule has 0 bridgehead atoms. The predicted octanol–water partition coefficient (Wildman–Crippen LogP) is 4.17. The van der Waals surface area contributed by atoms with Crippen LogP contribution in [0.25, 0.3) is 5.76 Å². The highest BCUT2D eigenvalue weighted by molar-refractivity contribution is 6.46. The number of likely N-dealkylation sites (tertiary alicyclic amines) is 1. The average molecular weight is 479 g/mol. The molecule has 1 saturated heterocycles. The van der Waals surface area contributed by atoms with Crippen LogP contribution in [-0.2, 0) is 16.0 Å². The molecule has 7 nitrogen and oxygen atoms in total. The molecule has 35 heavy (non-hydrogen) atoms. The summed E-state index contributed by atoms with van der Waals surface area (Å²) in [7, 11) is 0. The van der Waals surface area contributed by atoms with Gasteiger partial charge in [0.15, 0.2) is 0 Å². The summed E-state index contributed by atoms with van der Waals surface area (Å²) >= 11 is 0. The lowest BCUT2D eigenvalue weighted by atomic mass is 9.94. The number of benzene rings is 2. The normalized spacial score (nSPS) is 20.9. The maximum Gasteiger partial charge on any atom is 0.295 e. The molecular formula is C28H34N2O5. The van der Waals surface area contributed by atoms with E-state index in [1.165, 1.54) is 0 Å². The van der Waals surface area contributed by atoms with E-state index in [1.807, 2.05) is 50.2 Å². The second-order valence-corrected chi connectivity index (χ2v) is 8.98. The highest BCUT2D eigenvalue weighted by Gasteiger charge is 2.46. The smallest absolute Gasteiger partial charge is 0.295 e. The number of aliphatic hydroxyl groups excluding tert-OH is 1. The summed E-state index contributed by atoms with van der Waals surface area (Å²) in [6.45, 7) is 11.2. The highest BCUT2D eigenvalue weighted by Crippen LogP contribution is 2.41. The number of hydrogen-bond acceptors (Lipinski definition) is 6. The Morgan fingerprint density at radius 2 is 1.91 bits per heavy atom. The van der Waals surface area contributed by atoms with Crippen molar-refractivity contribution in [2.24, 2.45) is 0 Å². The predicted molar refractivity (Wildman–Crippen MR) is 135 cm³/mol. The summed E-state index contributed by atoms with van der Waals surface area (Å²) in [5.41, 5.74) is 2.32. The molecule has 2 heterocycles. The maximum absolute atomic E-state index is 13.3. The molecule has 1 amide bonds. The second kappa shape index (κ2) is 10.5. The molecule has 2 atom stereocenters. The summed E-state index contributed by atoms with van der Waals surface area (Å²) in [6, 6.07) is 12.1. The van der Waals surface area contributed by atoms with Crippen LogP contribution in [0.1, 0.15) is 50.4 Å². The molecule has 0 spiro atoms. The lowest BCUT2D eigenvalue weighted by Gasteiger charge is -2.28. The van der Waals surface area contributed by atoms with E-state index >= 15 is 0 Å². The van der Waals surface area contributed by atoms with Crippen LogP contribution in [0.4, 0.5) is 0 Å². The van der Waals surface area contributed by atoms with Gasteiger partial charge in [-0.25, -0.2) is 0 Å². The number of ketones is 1. The fraction of sp³-hybridized carbons (Fsp3) is 0.429. The van der Waals surface area contributed by atoms with E-state index in [-0.39, 0.29) is 17.4 Å². The van der Waals surface area contributed by atoms with Gasteiger partial charge in [-0.15, -0.1) is 0 Å². The first kappa shape index (κ1) is 24.8. The summed E-state index contributed by atoms with van der Waals surface area (Å²) in [4.78, 5) is 30.3. The van der Waals surface area contributed by atoms with Crippen molar-refractivity contribution in [1.82, 2.24) is 9.80 Å². The molecule has 0 aliphatic carbocycles. The Kier molecular flexibility index (Phi) is 7.45. The molecule has 4 rings (SSSR count). The van der Waals surface area contributed by atoms with Crippen molar-refractivity contribution in [2.75, 3.05) is 32.8 Å². The van der Waals surface area contributed by atoms with E-state index in [0.29, 0.717) is 31.0 Å². The van der Waals surface area contributed by atoms with Crippen LogP contribution >= 0.6 is 0 Å². The van der Waals surface area contributed by atoms with Crippen LogP contribution in [0, 0.1) is 0 Å². The highest BCUT2D eigenvalue weighted by atomic mass is 16.5. The lowest BCUT2D eigenvalue weighted by molar-refractivity contribution is -0.140. The zero-order valence-corrected chi connectivity index (χ0v) is 20.9. The van der Waals surface area contributed by atoms with Crippen molar-refractivity contribution in [3.63, 3.8) is 0 Å². The second-order valence-electron chi connectivity index (χ2n) is 8.98. The van der Waals surface area contributed by atoms with Gasteiger partial charge in [0.25, 0.3) is 11.7 Å². The number of likely N-dealkylation sites (N-methyl/N-ethyl adjacent to an activating group) is 1. The molecule has 1 fully saturated rings. The Labute approximate surface area is 206 Å². The summed E-state index contributed by atoms with van der Waals surface area (Å²) in [5, 5.41) is 11.4. The van der Waals surface area contributed by atoms with Gasteiger partial charge in [-0.3, -0.25) is 9.59 Å². The third kappa shape index (κ3) is 4.91. The van der Waals surface area contributed by atoms with E-state index in [4.69, 9.17) is 9.47 Å². The Balaban J connectivity index is 1.79. The van der Waals surface area contributed by atoms with Gasteiger partial charge >= 0.3 is 0 Å². The molecular weight excluding hydrogens is 444 g/mol. The number of Topliss-reactive ketones (excluding diaryl/α,β-unsaturated/α-hetero) is 1. The SMILES string of the molecule is CCOc1cccc([C@H]2C(=C(O)c3ccc4c(c3)C[C@@H](C)O4)C(=O)C(=O)N2CCN(CC)CC)c1. The van der Waals surface area contributed by atoms with E-state index in [2.05, 4.69) is 18.7 Å². The van der Waals surface area contributed by atoms with E-state index in [1.54, 1.807) is 11.0 Å². The van der Waals surface area contributed by atoms with Crippen LogP contribution in [0.2, 0.25) is 0 Å². The molecule has 1 N–H and O–H groups in total. The van der Waals surface area contributed by atoms with Gasteiger partial charge in [0.2, 0.25) is 0 Å². The number of aliphatic hydroxyl groups is 1.